The summed E-state index contributed by atoms with van der Waals surface area (Å²) in [6.07, 6.45) is 2.61. The van der Waals surface area contributed by atoms with E-state index in [9.17, 15) is 4.79 Å². The van der Waals surface area contributed by atoms with Gasteiger partial charge in [0.05, 0.1) is 0 Å². The van der Waals surface area contributed by atoms with Gasteiger partial charge in [0.25, 0.3) is 0 Å². The van der Waals surface area contributed by atoms with Gasteiger partial charge in [-0.3, -0.25) is 4.84 Å². The molecular weight excluding hydrogens is 326 g/mol. The number of primary amides is 1. The van der Waals surface area contributed by atoms with E-state index in [4.69, 9.17) is 10.6 Å². The second-order valence-corrected chi connectivity index (χ2v) is 8.12. The van der Waals surface area contributed by atoms with E-state index >= 15 is 0 Å². The number of urea groups is 1. The molecule has 0 spiro atoms. The van der Waals surface area contributed by atoms with Crippen LogP contribution in [0.3, 0.4) is 0 Å². The number of hydrogen-bond acceptors (Lipinski definition) is 3. The minimum atomic E-state index is -0.453. The van der Waals surface area contributed by atoms with Crippen LogP contribution in [-0.2, 0) is 4.84 Å². The number of amides is 2. The molecule has 1 saturated heterocycles. The van der Waals surface area contributed by atoms with Gasteiger partial charge in [-0.2, -0.15) is 5.06 Å². The maximum atomic E-state index is 11.5. The third-order valence-corrected chi connectivity index (χ3v) is 6.54. The van der Waals surface area contributed by atoms with Crippen molar-refractivity contribution in [1.82, 2.24) is 10.4 Å². The van der Waals surface area contributed by atoms with Gasteiger partial charge < -0.3 is 11.1 Å². The van der Waals surface area contributed by atoms with E-state index in [0.717, 1.165) is 24.8 Å². The second-order valence-electron chi connectivity index (χ2n) is 8.12. The van der Waals surface area contributed by atoms with E-state index in [1.807, 2.05) is 18.2 Å². The molecule has 0 aliphatic carbocycles. The molecule has 1 aromatic rings. The Balaban J connectivity index is 2.36. The number of nitrogens with two attached hydrogens (primary N) is 1. The highest BCUT2D eigenvalue weighted by atomic mass is 16.7. The van der Waals surface area contributed by atoms with Crippen molar-refractivity contribution in [2.24, 2.45) is 11.7 Å². The quantitative estimate of drug-likeness (QED) is 0.789. The summed E-state index contributed by atoms with van der Waals surface area (Å²) in [7, 11) is 0. The molecule has 3 N–H and O–H groups in total. The topological polar surface area (TPSA) is 67.6 Å². The fourth-order valence-corrected chi connectivity index (χ4v) is 4.27. The number of nitrogens with zero attached hydrogens (tertiary/aromatic N) is 1. The molecule has 5 unspecified atom stereocenters. The highest BCUT2D eigenvalue weighted by molar-refractivity contribution is 5.72. The fraction of sp³-hybridized carbons (Fsp3) is 0.667. The van der Waals surface area contributed by atoms with Crippen LogP contribution in [0.25, 0.3) is 0 Å². The van der Waals surface area contributed by atoms with Crippen molar-refractivity contribution in [3.63, 3.8) is 0 Å². The molecule has 0 aromatic heterocycles. The summed E-state index contributed by atoms with van der Waals surface area (Å²) in [6, 6.07) is 9.88. The van der Waals surface area contributed by atoms with Crippen LogP contribution in [-0.4, -0.2) is 28.2 Å². The standard InChI is InChI=1S/C21H35N3O2/c1-7-20(5)14-18(23-19(22)25)15(3)21(6,8-2)24(20)26-16(4)17-12-10-9-11-13-17/h9-13,15-16,18H,7-8,14H2,1-6H3,(H3,22,23,25). The smallest absolute Gasteiger partial charge is 0.312 e. The number of rotatable bonds is 6. The molecule has 0 bridgehead atoms. The third kappa shape index (κ3) is 3.89. The van der Waals surface area contributed by atoms with Gasteiger partial charge in [0, 0.05) is 17.1 Å². The molecule has 146 valence electrons. The van der Waals surface area contributed by atoms with Crippen molar-refractivity contribution >= 4 is 6.03 Å². The summed E-state index contributed by atoms with van der Waals surface area (Å²) in [5, 5.41) is 5.20. The van der Waals surface area contributed by atoms with Crippen molar-refractivity contribution in [3.8, 4) is 0 Å². The third-order valence-electron chi connectivity index (χ3n) is 6.54. The van der Waals surface area contributed by atoms with Crippen LogP contribution in [0.15, 0.2) is 30.3 Å². The van der Waals surface area contributed by atoms with Crippen LogP contribution in [0.5, 0.6) is 0 Å². The molecule has 1 aliphatic rings. The van der Waals surface area contributed by atoms with E-state index < -0.39 is 6.03 Å². The Morgan fingerprint density at radius 3 is 2.42 bits per heavy atom. The average molecular weight is 362 g/mol. The maximum Gasteiger partial charge on any atom is 0.312 e. The van der Waals surface area contributed by atoms with Crippen LogP contribution >= 0.6 is 0 Å². The Morgan fingerprint density at radius 1 is 1.31 bits per heavy atom. The molecule has 1 aromatic carbocycles. The molecule has 1 aliphatic heterocycles. The lowest BCUT2D eigenvalue weighted by Crippen LogP contribution is -2.70. The molecule has 26 heavy (non-hydrogen) atoms. The average Bonchev–Trinajstić information content (AvgIpc) is 2.63. The number of hydrogen-bond donors (Lipinski definition) is 2. The van der Waals surface area contributed by atoms with Gasteiger partial charge in [-0.1, -0.05) is 51.1 Å². The number of carbonyl (C=O) groups excluding carboxylic acids is 1. The first-order valence-electron chi connectivity index (χ1n) is 9.76. The maximum absolute atomic E-state index is 11.5. The van der Waals surface area contributed by atoms with Crippen molar-refractivity contribution < 1.29 is 9.63 Å². The summed E-state index contributed by atoms with van der Waals surface area (Å²) >= 11 is 0. The van der Waals surface area contributed by atoms with Crippen molar-refractivity contribution in [2.45, 2.75) is 84.0 Å². The lowest BCUT2D eigenvalue weighted by atomic mass is 9.68. The normalized spacial score (nSPS) is 33.6. The SMILES string of the molecule is CCC1(C)CC(NC(N)=O)C(C)C(C)(CC)N1OC(C)c1ccccc1. The van der Waals surface area contributed by atoms with Crippen molar-refractivity contribution in [2.75, 3.05) is 0 Å². The predicted molar refractivity (Wildman–Crippen MR) is 105 cm³/mol. The van der Waals surface area contributed by atoms with Crippen LogP contribution in [0.1, 0.15) is 72.5 Å². The Bertz CT molecular complexity index is 609. The lowest BCUT2D eigenvalue weighted by Gasteiger charge is -2.59. The minimum Gasteiger partial charge on any atom is -0.352 e. The Kier molecular flexibility index (Phi) is 6.35. The van der Waals surface area contributed by atoms with Crippen LogP contribution in [0, 0.1) is 5.92 Å². The van der Waals surface area contributed by atoms with Gasteiger partial charge in [0.15, 0.2) is 0 Å². The molecule has 2 rings (SSSR count). The fourth-order valence-electron chi connectivity index (χ4n) is 4.27. The zero-order chi connectivity index (χ0) is 19.5. The number of benzene rings is 1. The molecule has 1 heterocycles. The molecule has 5 nitrogen and oxygen atoms in total. The summed E-state index contributed by atoms with van der Waals surface area (Å²) < 4.78 is 0. The lowest BCUT2D eigenvalue weighted by molar-refractivity contribution is -0.327. The van der Waals surface area contributed by atoms with Crippen molar-refractivity contribution in [1.29, 1.82) is 0 Å². The highest BCUT2D eigenvalue weighted by Crippen LogP contribution is 2.47. The molecule has 0 radical (unpaired) electrons. The van der Waals surface area contributed by atoms with Crippen molar-refractivity contribution in [3.05, 3.63) is 35.9 Å². The van der Waals surface area contributed by atoms with Gasteiger partial charge in [0.1, 0.15) is 6.10 Å². The number of piperidine rings is 1. The van der Waals surface area contributed by atoms with Gasteiger partial charge in [-0.25, -0.2) is 4.79 Å². The second kappa shape index (κ2) is 7.97. The molecule has 5 atom stereocenters. The van der Waals surface area contributed by atoms with Gasteiger partial charge >= 0.3 is 6.03 Å². The molecule has 5 heteroatoms. The first-order chi connectivity index (χ1) is 12.2. The molecule has 2 amide bonds. The molecular formula is C21H35N3O2. The number of nitrogens with one attached hydrogen (secondary N) is 1. The first kappa shape index (κ1) is 20.7. The van der Waals surface area contributed by atoms with E-state index in [1.54, 1.807) is 0 Å². The Hall–Kier alpha value is -1.59. The zero-order valence-electron chi connectivity index (χ0n) is 17.1. The predicted octanol–water partition coefficient (Wildman–Crippen LogP) is 4.40. The van der Waals surface area contributed by atoms with Crippen LogP contribution in [0.4, 0.5) is 4.79 Å². The van der Waals surface area contributed by atoms with Gasteiger partial charge in [-0.05, 0) is 51.5 Å². The number of carbonyl (C=O) groups is 1. The zero-order valence-corrected chi connectivity index (χ0v) is 17.1. The van der Waals surface area contributed by atoms with E-state index in [2.05, 4.69) is 64.1 Å². The largest absolute Gasteiger partial charge is 0.352 e. The summed E-state index contributed by atoms with van der Waals surface area (Å²) in [4.78, 5) is 18.1. The van der Waals surface area contributed by atoms with Gasteiger partial charge in [-0.15, -0.1) is 0 Å². The Labute approximate surface area is 158 Å². The van der Waals surface area contributed by atoms with E-state index in [-0.39, 0.29) is 29.1 Å². The molecule has 1 fully saturated rings. The molecule has 0 saturated carbocycles. The number of hydroxylamine groups is 2. The monoisotopic (exact) mass is 361 g/mol. The van der Waals surface area contributed by atoms with E-state index in [0.29, 0.717) is 0 Å². The van der Waals surface area contributed by atoms with Crippen LogP contribution in [0.2, 0.25) is 0 Å². The Morgan fingerprint density at radius 2 is 1.92 bits per heavy atom. The summed E-state index contributed by atoms with van der Waals surface area (Å²) in [5.41, 5.74) is 6.21. The minimum absolute atomic E-state index is 0.0364. The first-order valence-corrected chi connectivity index (χ1v) is 9.76. The highest BCUT2D eigenvalue weighted by Gasteiger charge is 2.54. The summed E-state index contributed by atoms with van der Waals surface area (Å²) in [5.74, 6) is 0.211. The summed E-state index contributed by atoms with van der Waals surface area (Å²) in [6.45, 7) is 13.1. The van der Waals surface area contributed by atoms with Crippen LogP contribution < -0.4 is 11.1 Å². The van der Waals surface area contributed by atoms with E-state index in [1.165, 1.54) is 0 Å². The van der Waals surface area contributed by atoms with Gasteiger partial charge in [0.2, 0.25) is 0 Å².